The highest BCUT2D eigenvalue weighted by Crippen LogP contribution is 2.21. The van der Waals surface area contributed by atoms with Gasteiger partial charge in [0.05, 0.1) is 11.6 Å². The number of carbonyl (C=O) groups is 1. The molecule has 1 atom stereocenters. The summed E-state index contributed by atoms with van der Waals surface area (Å²) in [5.74, 6) is -1.49. The molecule has 1 aromatic heterocycles. The van der Waals surface area contributed by atoms with Crippen molar-refractivity contribution in [2.45, 2.75) is 12.8 Å². The summed E-state index contributed by atoms with van der Waals surface area (Å²) in [5, 5.41) is 16.1. The fraction of sp³-hybridized carbons (Fsp3) is 0.500. The topological polar surface area (TPSA) is 68.0 Å². The Kier molecular flexibility index (Phi) is 2.46. The van der Waals surface area contributed by atoms with E-state index in [2.05, 4.69) is 26.2 Å². The van der Waals surface area contributed by atoms with Crippen LogP contribution in [0.4, 0.5) is 0 Å². The first-order valence-corrected chi connectivity index (χ1v) is 4.11. The molecule has 0 saturated heterocycles. The minimum atomic E-state index is -0.888. The molecule has 0 bridgehead atoms. The van der Waals surface area contributed by atoms with Gasteiger partial charge in [-0.15, -0.1) is 5.10 Å². The molecule has 0 aromatic carbocycles. The maximum Gasteiger partial charge on any atom is 0.312 e. The third-order valence-corrected chi connectivity index (χ3v) is 2.17. The van der Waals surface area contributed by atoms with Crippen molar-refractivity contribution in [3.63, 3.8) is 0 Å². The van der Waals surface area contributed by atoms with Gasteiger partial charge in [0.2, 0.25) is 0 Å². The van der Waals surface area contributed by atoms with Gasteiger partial charge in [0.1, 0.15) is 0 Å². The van der Waals surface area contributed by atoms with E-state index >= 15 is 0 Å². The Morgan fingerprint density at radius 3 is 2.67 bits per heavy atom. The summed E-state index contributed by atoms with van der Waals surface area (Å²) in [6.07, 6.45) is 0. The Morgan fingerprint density at radius 2 is 2.33 bits per heavy atom. The maximum atomic E-state index is 10.6. The molecule has 0 aliphatic carbocycles. The smallest absolute Gasteiger partial charge is 0.312 e. The summed E-state index contributed by atoms with van der Waals surface area (Å²) >= 11 is 3.13. The van der Waals surface area contributed by atoms with Gasteiger partial charge in [-0.25, -0.2) is 0 Å². The summed E-state index contributed by atoms with van der Waals surface area (Å²) in [6.45, 7) is 1.59. The highest BCUT2D eigenvalue weighted by Gasteiger charge is 2.21. The van der Waals surface area contributed by atoms with Crippen LogP contribution >= 0.6 is 15.9 Å². The van der Waals surface area contributed by atoms with E-state index in [0.29, 0.717) is 10.3 Å². The van der Waals surface area contributed by atoms with E-state index in [0.717, 1.165) is 0 Å². The van der Waals surface area contributed by atoms with Gasteiger partial charge in [-0.2, -0.15) is 0 Å². The minimum Gasteiger partial charge on any atom is -0.481 e. The van der Waals surface area contributed by atoms with E-state index in [1.165, 1.54) is 4.68 Å². The lowest BCUT2D eigenvalue weighted by Gasteiger charge is -2.05. The molecule has 12 heavy (non-hydrogen) atoms. The van der Waals surface area contributed by atoms with Crippen molar-refractivity contribution in [2.75, 3.05) is 0 Å². The van der Waals surface area contributed by atoms with Crippen molar-refractivity contribution in [2.24, 2.45) is 7.05 Å². The number of halogens is 1. The molecule has 0 aliphatic heterocycles. The molecule has 0 radical (unpaired) electrons. The molecule has 1 N–H and O–H groups in total. The van der Waals surface area contributed by atoms with Crippen LogP contribution in [0.1, 0.15) is 18.5 Å². The number of hydrogen-bond acceptors (Lipinski definition) is 3. The summed E-state index contributed by atoms with van der Waals surface area (Å²) in [5.41, 5.74) is 0.572. The van der Waals surface area contributed by atoms with Crippen molar-refractivity contribution in [1.29, 1.82) is 0 Å². The van der Waals surface area contributed by atoms with E-state index in [-0.39, 0.29) is 0 Å². The van der Waals surface area contributed by atoms with Crippen LogP contribution in [0.25, 0.3) is 0 Å². The van der Waals surface area contributed by atoms with Crippen LogP contribution in [-0.2, 0) is 11.8 Å². The number of aromatic nitrogens is 3. The van der Waals surface area contributed by atoms with Crippen LogP contribution < -0.4 is 0 Å². The fourth-order valence-corrected chi connectivity index (χ4v) is 1.59. The highest BCUT2D eigenvalue weighted by molar-refractivity contribution is 9.10. The molecule has 1 unspecified atom stereocenters. The van der Waals surface area contributed by atoms with Gasteiger partial charge in [0.25, 0.3) is 0 Å². The molecule has 0 fully saturated rings. The second-order valence-electron chi connectivity index (χ2n) is 2.45. The Bertz CT molecular complexity index is 290. The van der Waals surface area contributed by atoms with Crippen molar-refractivity contribution < 1.29 is 9.90 Å². The van der Waals surface area contributed by atoms with Crippen LogP contribution in [-0.4, -0.2) is 26.1 Å². The molecular weight excluding hydrogens is 226 g/mol. The van der Waals surface area contributed by atoms with Gasteiger partial charge in [0.15, 0.2) is 4.60 Å². The van der Waals surface area contributed by atoms with E-state index in [1.807, 2.05) is 0 Å². The number of nitrogens with zero attached hydrogens (tertiary/aromatic N) is 3. The second-order valence-corrected chi connectivity index (χ2v) is 3.20. The van der Waals surface area contributed by atoms with Crippen LogP contribution in [0.2, 0.25) is 0 Å². The number of aliphatic carboxylic acids is 1. The summed E-state index contributed by atoms with van der Waals surface area (Å²) in [7, 11) is 1.66. The third kappa shape index (κ3) is 1.47. The van der Waals surface area contributed by atoms with E-state index < -0.39 is 11.9 Å². The number of aryl methyl sites for hydroxylation is 1. The van der Waals surface area contributed by atoms with Gasteiger partial charge >= 0.3 is 5.97 Å². The molecule has 1 aromatic rings. The zero-order chi connectivity index (χ0) is 9.30. The van der Waals surface area contributed by atoms with Crippen molar-refractivity contribution in [3.8, 4) is 0 Å². The molecule has 0 spiro atoms. The molecule has 1 heterocycles. The van der Waals surface area contributed by atoms with Crippen molar-refractivity contribution in [1.82, 2.24) is 15.0 Å². The van der Waals surface area contributed by atoms with E-state index in [9.17, 15) is 4.79 Å². The number of carboxylic acids is 1. The molecular formula is C6H8BrN3O2. The van der Waals surface area contributed by atoms with Gasteiger partial charge in [0, 0.05) is 7.05 Å². The lowest BCUT2D eigenvalue weighted by Crippen LogP contribution is -2.12. The largest absolute Gasteiger partial charge is 0.481 e. The van der Waals surface area contributed by atoms with Gasteiger partial charge < -0.3 is 5.11 Å². The highest BCUT2D eigenvalue weighted by atomic mass is 79.9. The average molecular weight is 234 g/mol. The zero-order valence-corrected chi connectivity index (χ0v) is 8.24. The molecule has 0 amide bonds. The minimum absolute atomic E-state index is 0.486. The lowest BCUT2D eigenvalue weighted by atomic mass is 10.1. The molecule has 1 rings (SSSR count). The van der Waals surface area contributed by atoms with Gasteiger partial charge in [-0.1, -0.05) is 5.21 Å². The average Bonchev–Trinajstić information content (AvgIpc) is 2.30. The number of hydrogen-bond donors (Lipinski definition) is 1. The van der Waals surface area contributed by atoms with Gasteiger partial charge in [-0.3, -0.25) is 9.48 Å². The first-order chi connectivity index (χ1) is 5.54. The quantitative estimate of drug-likeness (QED) is 0.820. The molecule has 6 heteroatoms. The van der Waals surface area contributed by atoms with Crippen LogP contribution in [0.5, 0.6) is 0 Å². The number of rotatable bonds is 2. The van der Waals surface area contributed by atoms with Crippen LogP contribution in [0.3, 0.4) is 0 Å². The first kappa shape index (κ1) is 9.18. The molecule has 0 saturated carbocycles. The van der Waals surface area contributed by atoms with Crippen molar-refractivity contribution in [3.05, 3.63) is 10.3 Å². The van der Waals surface area contributed by atoms with Gasteiger partial charge in [-0.05, 0) is 22.9 Å². The Hall–Kier alpha value is -0.910. The summed E-state index contributed by atoms with van der Waals surface area (Å²) < 4.78 is 1.93. The monoisotopic (exact) mass is 233 g/mol. The Morgan fingerprint density at radius 1 is 1.75 bits per heavy atom. The fourth-order valence-electron chi connectivity index (χ4n) is 0.915. The first-order valence-electron chi connectivity index (χ1n) is 3.32. The van der Waals surface area contributed by atoms with E-state index in [4.69, 9.17) is 5.11 Å². The van der Waals surface area contributed by atoms with Crippen molar-refractivity contribution >= 4 is 21.9 Å². The summed E-state index contributed by atoms with van der Waals surface area (Å²) in [6, 6.07) is 0. The van der Waals surface area contributed by atoms with Crippen LogP contribution in [0.15, 0.2) is 4.60 Å². The Labute approximate surface area is 77.5 Å². The summed E-state index contributed by atoms with van der Waals surface area (Å²) in [4.78, 5) is 10.6. The predicted molar refractivity (Wildman–Crippen MR) is 44.8 cm³/mol. The normalized spacial score (nSPS) is 12.9. The third-order valence-electron chi connectivity index (χ3n) is 1.61. The standard InChI is InChI=1S/C6H8BrN3O2/c1-3(6(11)12)4-5(7)8-9-10(4)2/h3H,1-2H3,(H,11,12). The number of carboxylic acid groups (broad SMARTS) is 1. The maximum absolute atomic E-state index is 10.6. The zero-order valence-electron chi connectivity index (χ0n) is 6.65. The Balaban J connectivity index is 3.08. The van der Waals surface area contributed by atoms with Crippen LogP contribution in [0, 0.1) is 0 Å². The SMILES string of the molecule is CC(C(=O)O)c1c(Br)nnn1C. The van der Waals surface area contributed by atoms with E-state index in [1.54, 1.807) is 14.0 Å². The molecule has 66 valence electrons. The predicted octanol–water partition coefficient (Wildman–Crippen LogP) is 0.766. The molecule has 5 nitrogen and oxygen atoms in total. The lowest BCUT2D eigenvalue weighted by molar-refractivity contribution is -0.138. The molecule has 0 aliphatic rings. The second kappa shape index (κ2) is 3.22.